The maximum absolute atomic E-state index is 12.4. The van der Waals surface area contributed by atoms with E-state index in [1.54, 1.807) is 12.3 Å². The molecule has 2 aromatic heterocycles. The highest BCUT2D eigenvalue weighted by atomic mass is 79.9. The molecule has 1 aliphatic rings. The van der Waals surface area contributed by atoms with Gasteiger partial charge in [-0.1, -0.05) is 41.9 Å². The number of aromatic nitrogens is 2. The van der Waals surface area contributed by atoms with Crippen molar-refractivity contribution in [3.05, 3.63) is 75.4 Å². The second-order valence-electron chi connectivity index (χ2n) is 8.01. The van der Waals surface area contributed by atoms with Crippen molar-refractivity contribution in [3.63, 3.8) is 0 Å². The van der Waals surface area contributed by atoms with E-state index in [4.69, 9.17) is 26.1 Å². The second kappa shape index (κ2) is 8.85. The molecule has 1 aliphatic heterocycles. The van der Waals surface area contributed by atoms with E-state index in [0.717, 1.165) is 52.5 Å². The van der Waals surface area contributed by atoms with Crippen LogP contribution in [0.15, 0.2) is 59.2 Å². The van der Waals surface area contributed by atoms with Crippen molar-refractivity contribution in [1.82, 2.24) is 9.55 Å². The van der Waals surface area contributed by atoms with Gasteiger partial charge in [0.1, 0.15) is 0 Å². The maximum atomic E-state index is 12.4. The summed E-state index contributed by atoms with van der Waals surface area (Å²) in [5, 5.41) is 1.30. The number of esters is 1. The monoisotopic (exact) mass is 512 g/mol. The van der Waals surface area contributed by atoms with Crippen LogP contribution in [0.25, 0.3) is 21.9 Å². The number of halogens is 2. The number of hydrogen-bond donors (Lipinski definition) is 0. The van der Waals surface area contributed by atoms with Crippen LogP contribution in [0.2, 0.25) is 5.02 Å². The van der Waals surface area contributed by atoms with Crippen molar-refractivity contribution in [3.8, 4) is 0 Å². The Morgan fingerprint density at radius 3 is 2.69 bits per heavy atom. The van der Waals surface area contributed by atoms with Gasteiger partial charge in [-0.15, -0.1) is 0 Å². The number of ether oxygens (including phenoxy) is 2. The van der Waals surface area contributed by atoms with Crippen LogP contribution in [0.1, 0.15) is 34.8 Å². The summed E-state index contributed by atoms with van der Waals surface area (Å²) < 4.78 is 13.8. The summed E-state index contributed by atoms with van der Waals surface area (Å²) in [6.07, 6.45) is 3.67. The van der Waals surface area contributed by atoms with E-state index in [2.05, 4.69) is 50.8 Å². The molecule has 5 rings (SSSR count). The third-order valence-corrected chi connectivity index (χ3v) is 7.06. The lowest BCUT2D eigenvalue weighted by Gasteiger charge is -2.33. The van der Waals surface area contributed by atoms with Crippen LogP contribution >= 0.6 is 27.5 Å². The van der Waals surface area contributed by atoms with Gasteiger partial charge in [-0.3, -0.25) is 4.98 Å². The fourth-order valence-electron chi connectivity index (χ4n) is 4.80. The number of rotatable bonds is 4. The molecule has 32 heavy (non-hydrogen) atoms. The fraction of sp³-hybridized carbons (Fsp3) is 0.280. The van der Waals surface area contributed by atoms with Crippen molar-refractivity contribution in [2.75, 3.05) is 20.3 Å². The Kier molecular flexibility index (Phi) is 5.93. The van der Waals surface area contributed by atoms with Crippen LogP contribution in [0, 0.1) is 5.92 Å². The molecular formula is C25H22BrClN2O3. The number of carbonyl (C=O) groups excluding carboxylic acids is 1. The first-order chi connectivity index (χ1) is 15.6. The third-order valence-electron chi connectivity index (χ3n) is 6.24. The summed E-state index contributed by atoms with van der Waals surface area (Å²) in [5.74, 6) is -0.105. The summed E-state index contributed by atoms with van der Waals surface area (Å²) in [6.45, 7) is 1.46. The van der Waals surface area contributed by atoms with Gasteiger partial charge in [0.25, 0.3) is 0 Å². The molecule has 1 unspecified atom stereocenters. The lowest BCUT2D eigenvalue weighted by atomic mass is 9.86. The Morgan fingerprint density at radius 2 is 1.97 bits per heavy atom. The van der Waals surface area contributed by atoms with E-state index in [1.165, 1.54) is 12.7 Å². The quantitative estimate of drug-likeness (QED) is 0.296. The largest absolute Gasteiger partial charge is 0.465 e. The smallest absolute Gasteiger partial charge is 0.339 e. The highest BCUT2D eigenvalue weighted by Crippen LogP contribution is 2.43. The molecule has 1 saturated heterocycles. The first kappa shape index (κ1) is 21.4. The normalized spacial score (nSPS) is 15.8. The Bertz CT molecular complexity index is 1300. The summed E-state index contributed by atoms with van der Waals surface area (Å²) in [5.41, 5.74) is 4.17. The number of pyridine rings is 1. The molecule has 0 saturated carbocycles. The molecule has 0 bridgehead atoms. The molecule has 0 radical (unpaired) electrons. The zero-order valence-electron chi connectivity index (χ0n) is 17.6. The van der Waals surface area contributed by atoms with E-state index in [-0.39, 0.29) is 6.04 Å². The van der Waals surface area contributed by atoms with Crippen LogP contribution in [-0.2, 0) is 9.47 Å². The minimum Gasteiger partial charge on any atom is -0.465 e. The number of nitrogens with zero attached hydrogens (tertiary/aromatic N) is 2. The Labute approximate surface area is 199 Å². The van der Waals surface area contributed by atoms with Crippen molar-refractivity contribution >= 4 is 55.4 Å². The van der Waals surface area contributed by atoms with Gasteiger partial charge in [0.05, 0.1) is 40.3 Å². The first-order valence-electron chi connectivity index (χ1n) is 10.6. The predicted octanol–water partition coefficient (Wildman–Crippen LogP) is 6.41. The molecule has 164 valence electrons. The molecular weight excluding hydrogens is 492 g/mol. The van der Waals surface area contributed by atoms with Crippen LogP contribution in [0.4, 0.5) is 0 Å². The van der Waals surface area contributed by atoms with E-state index in [1.807, 2.05) is 12.1 Å². The first-order valence-corrected chi connectivity index (χ1v) is 11.8. The second-order valence-corrected chi connectivity index (χ2v) is 9.31. The average molecular weight is 514 g/mol. The van der Waals surface area contributed by atoms with Crippen LogP contribution in [0.3, 0.4) is 0 Å². The summed E-state index contributed by atoms with van der Waals surface area (Å²) in [7, 11) is 1.37. The molecule has 5 nitrogen and oxygen atoms in total. The van der Waals surface area contributed by atoms with Crippen molar-refractivity contribution < 1.29 is 14.3 Å². The van der Waals surface area contributed by atoms with Gasteiger partial charge >= 0.3 is 5.97 Å². The SMILES string of the molecule is COC(=O)c1ccc2c3ncc(Br)cc3n(C(c3ccccc3)C3CCOCC3)c2c1Cl. The van der Waals surface area contributed by atoms with Crippen LogP contribution in [-0.4, -0.2) is 35.8 Å². The zero-order valence-corrected chi connectivity index (χ0v) is 19.9. The number of fused-ring (bicyclic) bond motifs is 3. The molecule has 0 amide bonds. The highest BCUT2D eigenvalue weighted by molar-refractivity contribution is 9.10. The molecule has 1 fully saturated rings. The predicted molar refractivity (Wildman–Crippen MR) is 129 cm³/mol. The maximum Gasteiger partial charge on any atom is 0.339 e. The molecule has 3 heterocycles. The third kappa shape index (κ3) is 3.60. The Morgan fingerprint density at radius 1 is 1.22 bits per heavy atom. The van der Waals surface area contributed by atoms with Crippen molar-refractivity contribution in [2.45, 2.75) is 18.9 Å². The summed E-state index contributed by atoms with van der Waals surface area (Å²) in [6, 6.07) is 16.2. The Balaban J connectivity index is 1.88. The van der Waals surface area contributed by atoms with Gasteiger partial charge in [0.2, 0.25) is 0 Å². The molecule has 2 aromatic carbocycles. The fourth-order valence-corrected chi connectivity index (χ4v) is 5.45. The molecule has 1 atom stereocenters. The van der Waals surface area contributed by atoms with Crippen LogP contribution < -0.4 is 0 Å². The zero-order chi connectivity index (χ0) is 22.2. The van der Waals surface area contributed by atoms with E-state index >= 15 is 0 Å². The number of carbonyl (C=O) groups is 1. The van der Waals surface area contributed by atoms with Gasteiger partial charge in [-0.25, -0.2) is 4.79 Å². The molecule has 0 spiro atoms. The lowest BCUT2D eigenvalue weighted by molar-refractivity contribution is 0.0553. The minimum absolute atomic E-state index is 0.0154. The van der Waals surface area contributed by atoms with Crippen molar-refractivity contribution in [2.24, 2.45) is 5.92 Å². The van der Waals surface area contributed by atoms with E-state index in [0.29, 0.717) is 16.5 Å². The standard InChI is InChI=1S/C25H22BrClN2O3/c1-31-25(30)18-7-8-19-22-20(13-17(26)14-28-22)29(24(19)21(18)27)23(15-5-3-2-4-6-15)16-9-11-32-12-10-16/h2-8,13-14,16,23H,9-12H2,1H3. The number of methoxy groups -OCH3 is 1. The van der Waals surface area contributed by atoms with Gasteiger partial charge in [-0.05, 0) is 58.5 Å². The van der Waals surface area contributed by atoms with Gasteiger partial charge in [-0.2, -0.15) is 0 Å². The van der Waals surface area contributed by atoms with Crippen LogP contribution in [0.5, 0.6) is 0 Å². The molecule has 4 aromatic rings. The number of benzene rings is 2. The van der Waals surface area contributed by atoms with Gasteiger partial charge in [0.15, 0.2) is 0 Å². The molecule has 0 aliphatic carbocycles. The molecule has 0 N–H and O–H groups in total. The molecule has 7 heteroatoms. The van der Waals surface area contributed by atoms with Crippen molar-refractivity contribution in [1.29, 1.82) is 0 Å². The van der Waals surface area contributed by atoms with E-state index in [9.17, 15) is 4.79 Å². The summed E-state index contributed by atoms with van der Waals surface area (Å²) in [4.78, 5) is 17.2. The summed E-state index contributed by atoms with van der Waals surface area (Å²) >= 11 is 10.5. The number of hydrogen-bond acceptors (Lipinski definition) is 4. The van der Waals surface area contributed by atoms with Gasteiger partial charge in [0, 0.05) is 29.3 Å². The topological polar surface area (TPSA) is 53.3 Å². The van der Waals surface area contributed by atoms with Gasteiger partial charge < -0.3 is 14.0 Å². The van der Waals surface area contributed by atoms with E-state index < -0.39 is 5.97 Å². The average Bonchev–Trinajstić information content (AvgIpc) is 3.14. The highest BCUT2D eigenvalue weighted by Gasteiger charge is 2.31. The Hall–Kier alpha value is -2.41. The lowest BCUT2D eigenvalue weighted by Crippen LogP contribution is -2.27. The minimum atomic E-state index is -0.454.